The Kier molecular flexibility index (Phi) is 6.97. The van der Waals surface area contributed by atoms with Crippen molar-refractivity contribution in [1.82, 2.24) is 0 Å². The zero-order valence-corrected chi connectivity index (χ0v) is 11.8. The molecule has 0 spiro atoms. The number of anilines is 1. The van der Waals surface area contributed by atoms with E-state index in [0.717, 1.165) is 24.5 Å². The van der Waals surface area contributed by atoms with E-state index in [0.29, 0.717) is 25.3 Å². The molecule has 0 aromatic heterocycles. The lowest BCUT2D eigenvalue weighted by molar-refractivity contribution is -0.116. The number of benzene rings is 1. The molecule has 1 aromatic rings. The minimum Gasteiger partial charge on any atom is -0.494 e. The SMILES string of the molecule is CC(C)CCOc1ccc(NC(=O)CCCN)cc1. The highest BCUT2D eigenvalue weighted by atomic mass is 16.5. The highest BCUT2D eigenvalue weighted by molar-refractivity contribution is 5.90. The molecule has 3 N–H and O–H groups in total. The average molecular weight is 264 g/mol. The Hall–Kier alpha value is -1.55. The van der Waals surface area contributed by atoms with Crippen LogP contribution in [0.2, 0.25) is 0 Å². The molecule has 1 aromatic carbocycles. The van der Waals surface area contributed by atoms with Crippen LogP contribution in [0.25, 0.3) is 0 Å². The van der Waals surface area contributed by atoms with Crippen LogP contribution in [-0.2, 0) is 4.79 Å². The van der Waals surface area contributed by atoms with E-state index in [4.69, 9.17) is 10.5 Å². The van der Waals surface area contributed by atoms with Crippen molar-refractivity contribution >= 4 is 11.6 Å². The number of ether oxygens (including phenoxy) is 1. The highest BCUT2D eigenvalue weighted by Crippen LogP contribution is 2.16. The lowest BCUT2D eigenvalue weighted by Gasteiger charge is -2.09. The molecule has 106 valence electrons. The lowest BCUT2D eigenvalue weighted by atomic mass is 10.1. The topological polar surface area (TPSA) is 64.3 Å². The van der Waals surface area contributed by atoms with Crippen LogP contribution >= 0.6 is 0 Å². The first-order valence-corrected chi connectivity index (χ1v) is 6.84. The van der Waals surface area contributed by atoms with E-state index < -0.39 is 0 Å². The third-order valence-corrected chi connectivity index (χ3v) is 2.71. The second-order valence-electron chi connectivity index (χ2n) is 5.00. The van der Waals surface area contributed by atoms with Gasteiger partial charge in [-0.15, -0.1) is 0 Å². The smallest absolute Gasteiger partial charge is 0.224 e. The Balaban J connectivity index is 2.36. The fraction of sp³-hybridized carbons (Fsp3) is 0.533. The zero-order valence-electron chi connectivity index (χ0n) is 11.8. The van der Waals surface area contributed by atoms with Crippen LogP contribution in [-0.4, -0.2) is 19.1 Å². The van der Waals surface area contributed by atoms with Gasteiger partial charge < -0.3 is 15.8 Å². The van der Waals surface area contributed by atoms with E-state index >= 15 is 0 Å². The molecule has 19 heavy (non-hydrogen) atoms. The number of rotatable bonds is 8. The Bertz CT molecular complexity index is 374. The Morgan fingerprint density at radius 3 is 2.58 bits per heavy atom. The third-order valence-electron chi connectivity index (χ3n) is 2.71. The van der Waals surface area contributed by atoms with E-state index in [1.54, 1.807) is 0 Å². The molecule has 0 fully saturated rings. The summed E-state index contributed by atoms with van der Waals surface area (Å²) >= 11 is 0. The van der Waals surface area contributed by atoms with Gasteiger partial charge in [-0.3, -0.25) is 4.79 Å². The van der Waals surface area contributed by atoms with Gasteiger partial charge in [-0.1, -0.05) is 13.8 Å². The van der Waals surface area contributed by atoms with Crippen LogP contribution in [0.3, 0.4) is 0 Å². The molecule has 4 nitrogen and oxygen atoms in total. The normalized spacial score (nSPS) is 10.5. The van der Waals surface area contributed by atoms with E-state index in [9.17, 15) is 4.79 Å². The number of nitrogens with one attached hydrogen (secondary N) is 1. The molecule has 0 radical (unpaired) electrons. The minimum atomic E-state index is -0.000994. The third kappa shape index (κ3) is 6.82. The van der Waals surface area contributed by atoms with Crippen LogP contribution in [0.15, 0.2) is 24.3 Å². The molecule has 1 amide bonds. The fourth-order valence-electron chi connectivity index (χ4n) is 1.53. The van der Waals surface area contributed by atoms with Crippen molar-refractivity contribution in [3.05, 3.63) is 24.3 Å². The molecule has 0 saturated heterocycles. The standard InChI is InChI=1S/C15H24N2O2/c1-12(2)9-11-19-14-7-5-13(6-8-14)17-15(18)4-3-10-16/h5-8,12H,3-4,9-11,16H2,1-2H3,(H,17,18). The molecule has 0 aliphatic carbocycles. The van der Waals surface area contributed by atoms with E-state index in [-0.39, 0.29) is 5.91 Å². The Morgan fingerprint density at radius 2 is 2.00 bits per heavy atom. The molecule has 0 aliphatic rings. The number of carbonyl (C=O) groups excluding carboxylic acids is 1. The summed E-state index contributed by atoms with van der Waals surface area (Å²) in [4.78, 5) is 11.5. The van der Waals surface area contributed by atoms with Crippen LogP contribution in [0.1, 0.15) is 33.1 Å². The first-order chi connectivity index (χ1) is 9.11. The maximum atomic E-state index is 11.5. The van der Waals surface area contributed by atoms with Gasteiger partial charge in [0.1, 0.15) is 5.75 Å². The maximum absolute atomic E-state index is 11.5. The molecular weight excluding hydrogens is 240 g/mol. The average Bonchev–Trinajstić information content (AvgIpc) is 2.38. The fourth-order valence-corrected chi connectivity index (χ4v) is 1.53. The van der Waals surface area contributed by atoms with Crippen molar-refractivity contribution in [2.24, 2.45) is 11.7 Å². The molecule has 0 aliphatic heterocycles. The van der Waals surface area contributed by atoms with Gasteiger partial charge in [-0.05, 0) is 49.6 Å². The van der Waals surface area contributed by atoms with Crippen molar-refractivity contribution in [2.45, 2.75) is 33.1 Å². The zero-order chi connectivity index (χ0) is 14.1. The van der Waals surface area contributed by atoms with Crippen molar-refractivity contribution in [2.75, 3.05) is 18.5 Å². The molecule has 0 heterocycles. The predicted octanol–water partition coefficient (Wildman–Crippen LogP) is 2.79. The Morgan fingerprint density at radius 1 is 1.32 bits per heavy atom. The van der Waals surface area contributed by atoms with Crippen LogP contribution < -0.4 is 15.8 Å². The van der Waals surface area contributed by atoms with Crippen LogP contribution in [0.4, 0.5) is 5.69 Å². The number of amides is 1. The summed E-state index contributed by atoms with van der Waals surface area (Å²) in [5.74, 6) is 1.47. The van der Waals surface area contributed by atoms with Gasteiger partial charge in [0.25, 0.3) is 0 Å². The largest absolute Gasteiger partial charge is 0.494 e. The van der Waals surface area contributed by atoms with E-state index in [2.05, 4.69) is 19.2 Å². The van der Waals surface area contributed by atoms with Gasteiger partial charge in [-0.2, -0.15) is 0 Å². The molecule has 0 saturated carbocycles. The first-order valence-electron chi connectivity index (χ1n) is 6.84. The number of hydrogen-bond acceptors (Lipinski definition) is 3. The predicted molar refractivity (Wildman–Crippen MR) is 78.3 cm³/mol. The van der Waals surface area contributed by atoms with Crippen molar-refractivity contribution in [3.63, 3.8) is 0 Å². The maximum Gasteiger partial charge on any atom is 0.224 e. The summed E-state index contributed by atoms with van der Waals surface area (Å²) in [7, 11) is 0. The summed E-state index contributed by atoms with van der Waals surface area (Å²) in [5.41, 5.74) is 6.15. The number of nitrogens with two attached hydrogens (primary N) is 1. The second-order valence-corrected chi connectivity index (χ2v) is 5.00. The molecule has 4 heteroatoms. The van der Waals surface area contributed by atoms with Crippen LogP contribution in [0, 0.1) is 5.92 Å². The van der Waals surface area contributed by atoms with Gasteiger partial charge >= 0.3 is 0 Å². The van der Waals surface area contributed by atoms with Gasteiger partial charge in [0.05, 0.1) is 6.61 Å². The first kappa shape index (κ1) is 15.5. The van der Waals surface area contributed by atoms with Crippen molar-refractivity contribution in [1.29, 1.82) is 0 Å². The summed E-state index contributed by atoms with van der Waals surface area (Å²) in [5, 5.41) is 2.83. The van der Waals surface area contributed by atoms with Crippen molar-refractivity contribution in [3.8, 4) is 5.75 Å². The van der Waals surface area contributed by atoms with Gasteiger partial charge in [0.15, 0.2) is 0 Å². The van der Waals surface area contributed by atoms with E-state index in [1.807, 2.05) is 24.3 Å². The molecule has 0 bridgehead atoms. The highest BCUT2D eigenvalue weighted by Gasteiger charge is 2.02. The van der Waals surface area contributed by atoms with Crippen molar-refractivity contribution < 1.29 is 9.53 Å². The molecular formula is C15H24N2O2. The number of hydrogen-bond donors (Lipinski definition) is 2. The molecule has 1 rings (SSSR count). The van der Waals surface area contributed by atoms with Crippen LogP contribution in [0.5, 0.6) is 5.75 Å². The Labute approximate surface area is 115 Å². The van der Waals surface area contributed by atoms with Gasteiger partial charge in [-0.25, -0.2) is 0 Å². The lowest BCUT2D eigenvalue weighted by Crippen LogP contribution is -2.13. The summed E-state index contributed by atoms with van der Waals surface area (Å²) in [6, 6.07) is 7.45. The second kappa shape index (κ2) is 8.53. The van der Waals surface area contributed by atoms with E-state index in [1.165, 1.54) is 0 Å². The monoisotopic (exact) mass is 264 g/mol. The molecule has 0 atom stereocenters. The minimum absolute atomic E-state index is 0.000994. The van der Waals surface area contributed by atoms with Gasteiger partial charge in [0, 0.05) is 12.1 Å². The summed E-state index contributed by atoms with van der Waals surface area (Å²) < 4.78 is 5.61. The number of carbonyl (C=O) groups is 1. The summed E-state index contributed by atoms with van der Waals surface area (Å²) in [6.45, 7) is 5.60. The summed E-state index contributed by atoms with van der Waals surface area (Å²) in [6.07, 6.45) is 2.21. The molecule has 0 unspecified atom stereocenters. The van der Waals surface area contributed by atoms with Gasteiger partial charge in [0.2, 0.25) is 5.91 Å². The quantitative estimate of drug-likeness (QED) is 0.759.